The van der Waals surface area contributed by atoms with E-state index in [9.17, 15) is 12.8 Å². The van der Waals surface area contributed by atoms with Gasteiger partial charge in [-0.2, -0.15) is 8.70 Å². The highest BCUT2D eigenvalue weighted by molar-refractivity contribution is 7.91. The molecule has 0 saturated heterocycles. The largest absolute Gasteiger partial charge is 0.369 e. The zero-order valence-electron chi connectivity index (χ0n) is 10.8. The van der Waals surface area contributed by atoms with Crippen LogP contribution in [0.3, 0.4) is 0 Å². The number of sulfonamides is 1. The van der Waals surface area contributed by atoms with Crippen LogP contribution >= 0.6 is 11.3 Å². The minimum atomic E-state index is -3.44. The van der Waals surface area contributed by atoms with Gasteiger partial charge < -0.3 is 5.32 Å². The van der Waals surface area contributed by atoms with Crippen molar-refractivity contribution in [2.24, 2.45) is 0 Å². The Morgan fingerprint density at radius 2 is 2.15 bits per heavy atom. The maximum absolute atomic E-state index is 12.9. The predicted octanol–water partition coefficient (Wildman–Crippen LogP) is 2.01. The number of halogens is 1. The monoisotopic (exact) mass is 315 g/mol. The maximum Gasteiger partial charge on any atom is 0.252 e. The van der Waals surface area contributed by atoms with Crippen molar-refractivity contribution in [1.82, 2.24) is 9.29 Å². The summed E-state index contributed by atoms with van der Waals surface area (Å²) in [6.45, 7) is 0.607. The summed E-state index contributed by atoms with van der Waals surface area (Å²) in [6.07, 6.45) is 0. The van der Waals surface area contributed by atoms with E-state index in [1.165, 1.54) is 34.8 Å². The fraction of sp³-hybridized carbons (Fsp3) is 0.250. The third-order valence-electron chi connectivity index (χ3n) is 2.61. The molecule has 0 radical (unpaired) electrons. The standard InChI is InChI=1S/C12H14FN3O2S2/c1-16(20(17,18)12-6-3-9-19-12)8-7-14-11-5-2-4-10(13)15-11/h2-6,9H,7-8H2,1H3,(H,14,15). The third-order valence-corrected chi connectivity index (χ3v) is 5.84. The smallest absolute Gasteiger partial charge is 0.252 e. The molecule has 0 spiro atoms. The lowest BCUT2D eigenvalue weighted by Crippen LogP contribution is -2.31. The number of hydrogen-bond donors (Lipinski definition) is 1. The first-order chi connectivity index (χ1) is 9.50. The molecule has 0 fully saturated rings. The first-order valence-corrected chi connectivity index (χ1v) is 8.18. The van der Waals surface area contributed by atoms with Gasteiger partial charge in [0.25, 0.3) is 10.0 Å². The molecule has 2 heterocycles. The van der Waals surface area contributed by atoms with Crippen molar-refractivity contribution in [2.75, 3.05) is 25.5 Å². The van der Waals surface area contributed by atoms with Gasteiger partial charge >= 0.3 is 0 Å². The fourth-order valence-electron chi connectivity index (χ4n) is 1.53. The molecule has 108 valence electrons. The highest BCUT2D eigenvalue weighted by Gasteiger charge is 2.20. The van der Waals surface area contributed by atoms with Gasteiger partial charge in [0, 0.05) is 20.1 Å². The number of pyridine rings is 1. The molecule has 2 rings (SSSR count). The number of rotatable bonds is 6. The number of aromatic nitrogens is 1. The van der Waals surface area contributed by atoms with Gasteiger partial charge in [-0.25, -0.2) is 13.4 Å². The van der Waals surface area contributed by atoms with E-state index >= 15 is 0 Å². The fourth-order valence-corrected chi connectivity index (χ4v) is 3.90. The second kappa shape index (κ2) is 6.29. The van der Waals surface area contributed by atoms with Crippen LogP contribution in [0.2, 0.25) is 0 Å². The van der Waals surface area contributed by atoms with Crippen LogP contribution in [0.1, 0.15) is 0 Å². The minimum Gasteiger partial charge on any atom is -0.369 e. The summed E-state index contributed by atoms with van der Waals surface area (Å²) in [5.74, 6) is -0.193. The van der Waals surface area contributed by atoms with E-state index in [2.05, 4.69) is 10.3 Å². The Morgan fingerprint density at radius 3 is 2.80 bits per heavy atom. The molecule has 8 heteroatoms. The summed E-state index contributed by atoms with van der Waals surface area (Å²) in [5, 5.41) is 4.60. The van der Waals surface area contributed by atoms with Gasteiger partial charge in [0.1, 0.15) is 10.0 Å². The summed E-state index contributed by atoms with van der Waals surface area (Å²) >= 11 is 1.18. The highest BCUT2D eigenvalue weighted by atomic mass is 32.2. The minimum absolute atomic E-state index is 0.262. The molecule has 0 aromatic carbocycles. The van der Waals surface area contributed by atoms with Crippen molar-refractivity contribution >= 4 is 27.2 Å². The normalized spacial score (nSPS) is 11.8. The molecular formula is C12H14FN3O2S2. The Labute approximate surface area is 121 Å². The molecule has 0 bridgehead atoms. The lowest BCUT2D eigenvalue weighted by molar-refractivity contribution is 0.482. The van der Waals surface area contributed by atoms with Gasteiger partial charge in [-0.05, 0) is 23.6 Å². The Hall–Kier alpha value is -1.51. The Bertz CT molecular complexity index is 659. The van der Waals surface area contributed by atoms with E-state index in [0.29, 0.717) is 16.6 Å². The molecule has 0 aliphatic heterocycles. The van der Waals surface area contributed by atoms with Crippen LogP contribution in [0, 0.1) is 5.95 Å². The summed E-state index contributed by atoms with van der Waals surface area (Å²) < 4.78 is 38.7. The Balaban J connectivity index is 1.91. The van der Waals surface area contributed by atoms with Crippen LogP contribution in [-0.4, -0.2) is 37.8 Å². The third kappa shape index (κ3) is 3.53. The number of hydrogen-bond acceptors (Lipinski definition) is 5. The maximum atomic E-state index is 12.9. The summed E-state index contributed by atoms with van der Waals surface area (Å²) in [6, 6.07) is 7.67. The van der Waals surface area contributed by atoms with Crippen LogP contribution in [-0.2, 0) is 10.0 Å². The number of likely N-dealkylation sites (N-methyl/N-ethyl adjacent to an activating group) is 1. The summed E-state index contributed by atoms with van der Waals surface area (Å²) in [4.78, 5) is 3.64. The van der Waals surface area contributed by atoms with Crippen LogP contribution in [0.4, 0.5) is 10.2 Å². The number of anilines is 1. The second-order valence-electron chi connectivity index (χ2n) is 4.03. The van der Waals surface area contributed by atoms with Crippen LogP contribution in [0.25, 0.3) is 0 Å². The molecule has 0 unspecified atom stereocenters. The average Bonchev–Trinajstić information content (AvgIpc) is 2.93. The summed E-state index contributed by atoms with van der Waals surface area (Å²) in [7, 11) is -1.93. The quantitative estimate of drug-likeness (QED) is 0.828. The van der Waals surface area contributed by atoms with Crippen molar-refractivity contribution in [2.45, 2.75) is 4.21 Å². The molecule has 0 amide bonds. The van der Waals surface area contributed by atoms with E-state index in [0.717, 1.165) is 0 Å². The molecule has 0 saturated carbocycles. The molecule has 0 aliphatic rings. The molecule has 0 atom stereocenters. The van der Waals surface area contributed by atoms with Crippen molar-refractivity contribution < 1.29 is 12.8 Å². The van der Waals surface area contributed by atoms with E-state index < -0.39 is 16.0 Å². The number of thiophene rings is 1. The van der Waals surface area contributed by atoms with E-state index in [1.54, 1.807) is 23.6 Å². The van der Waals surface area contributed by atoms with Crippen molar-refractivity contribution in [1.29, 1.82) is 0 Å². The van der Waals surface area contributed by atoms with Gasteiger partial charge in [0.15, 0.2) is 0 Å². The highest BCUT2D eigenvalue weighted by Crippen LogP contribution is 2.19. The van der Waals surface area contributed by atoms with Gasteiger partial charge in [0.05, 0.1) is 0 Å². The lowest BCUT2D eigenvalue weighted by Gasteiger charge is -2.16. The Morgan fingerprint density at radius 1 is 1.35 bits per heavy atom. The van der Waals surface area contributed by atoms with Gasteiger partial charge in [0.2, 0.25) is 5.95 Å². The van der Waals surface area contributed by atoms with Crippen LogP contribution < -0.4 is 5.32 Å². The Kier molecular flexibility index (Phi) is 4.69. The van der Waals surface area contributed by atoms with Gasteiger partial charge in [-0.1, -0.05) is 12.1 Å². The molecule has 2 aromatic heterocycles. The van der Waals surface area contributed by atoms with Crippen molar-refractivity contribution in [3.8, 4) is 0 Å². The molecule has 1 N–H and O–H groups in total. The van der Waals surface area contributed by atoms with Crippen LogP contribution in [0.5, 0.6) is 0 Å². The number of nitrogens with one attached hydrogen (secondary N) is 1. The molecule has 0 aliphatic carbocycles. The van der Waals surface area contributed by atoms with Gasteiger partial charge in [-0.15, -0.1) is 11.3 Å². The summed E-state index contributed by atoms with van der Waals surface area (Å²) in [5.41, 5.74) is 0. The first kappa shape index (κ1) is 14.9. The molecule has 2 aromatic rings. The predicted molar refractivity (Wildman–Crippen MR) is 76.8 cm³/mol. The van der Waals surface area contributed by atoms with Gasteiger partial charge in [-0.3, -0.25) is 0 Å². The topological polar surface area (TPSA) is 62.3 Å². The SMILES string of the molecule is CN(CCNc1cccc(F)n1)S(=O)(=O)c1cccs1. The molecular weight excluding hydrogens is 301 g/mol. The van der Waals surface area contributed by atoms with Crippen LogP contribution in [0.15, 0.2) is 39.9 Å². The van der Waals surface area contributed by atoms with Crippen molar-refractivity contribution in [3.63, 3.8) is 0 Å². The zero-order chi connectivity index (χ0) is 14.6. The first-order valence-electron chi connectivity index (χ1n) is 5.86. The van der Waals surface area contributed by atoms with E-state index in [1.807, 2.05) is 0 Å². The van der Waals surface area contributed by atoms with Crippen molar-refractivity contribution in [3.05, 3.63) is 41.7 Å². The molecule has 20 heavy (non-hydrogen) atoms. The second-order valence-corrected chi connectivity index (χ2v) is 7.25. The lowest BCUT2D eigenvalue weighted by atomic mass is 10.4. The van der Waals surface area contributed by atoms with E-state index in [4.69, 9.17) is 0 Å². The molecule has 5 nitrogen and oxygen atoms in total. The average molecular weight is 315 g/mol. The zero-order valence-corrected chi connectivity index (χ0v) is 12.4. The van der Waals surface area contributed by atoms with E-state index in [-0.39, 0.29) is 6.54 Å². The number of nitrogens with zero attached hydrogens (tertiary/aromatic N) is 2.